The summed E-state index contributed by atoms with van der Waals surface area (Å²) in [6, 6.07) is 1.48. The maximum absolute atomic E-state index is 9.69. The van der Waals surface area contributed by atoms with Crippen LogP contribution in [0.2, 0.25) is 0 Å². The smallest absolute Gasteiger partial charge is 0.132 e. The fourth-order valence-corrected chi connectivity index (χ4v) is 1.71. The fraction of sp³-hybridized carbons (Fsp3) is 0.667. The third kappa shape index (κ3) is 1.83. The first-order chi connectivity index (χ1) is 7.65. The Morgan fingerprint density at radius 1 is 1.19 bits per heavy atom. The summed E-state index contributed by atoms with van der Waals surface area (Å²) in [7, 11) is 0. The highest BCUT2D eigenvalue weighted by atomic mass is 16.5. The molecule has 2 rings (SSSR count). The van der Waals surface area contributed by atoms with Gasteiger partial charge in [-0.2, -0.15) is 0 Å². The van der Waals surface area contributed by atoms with Crippen LogP contribution in [0.15, 0.2) is 16.9 Å². The van der Waals surface area contributed by atoms with Gasteiger partial charge in [-0.05, 0) is 0 Å². The first kappa shape index (κ1) is 11.5. The molecular formula is C9H13NO6. The van der Waals surface area contributed by atoms with Crippen molar-refractivity contribution >= 4 is 0 Å². The van der Waals surface area contributed by atoms with E-state index >= 15 is 0 Å². The summed E-state index contributed by atoms with van der Waals surface area (Å²) in [6.07, 6.45) is -4.62. The van der Waals surface area contributed by atoms with Crippen LogP contribution < -0.4 is 0 Å². The van der Waals surface area contributed by atoms with Gasteiger partial charge in [0.1, 0.15) is 42.5 Å². The molecule has 1 aromatic heterocycles. The van der Waals surface area contributed by atoms with Crippen molar-refractivity contribution in [3.05, 3.63) is 18.0 Å². The van der Waals surface area contributed by atoms with Crippen LogP contribution in [-0.2, 0) is 4.74 Å². The van der Waals surface area contributed by atoms with E-state index in [1.165, 1.54) is 12.3 Å². The highest BCUT2D eigenvalue weighted by Gasteiger charge is 2.44. The van der Waals surface area contributed by atoms with Crippen LogP contribution in [0.3, 0.4) is 0 Å². The average Bonchev–Trinajstić information content (AvgIpc) is 2.80. The van der Waals surface area contributed by atoms with E-state index in [4.69, 9.17) is 9.84 Å². The van der Waals surface area contributed by atoms with Crippen molar-refractivity contribution in [2.45, 2.75) is 30.5 Å². The molecule has 0 amide bonds. The maximum atomic E-state index is 9.69. The van der Waals surface area contributed by atoms with E-state index in [2.05, 4.69) is 9.68 Å². The molecule has 1 saturated heterocycles. The molecule has 1 aliphatic rings. The second-order valence-electron chi connectivity index (χ2n) is 3.67. The molecule has 0 spiro atoms. The minimum atomic E-state index is -1.40. The Labute approximate surface area is 90.9 Å². The second-order valence-corrected chi connectivity index (χ2v) is 3.67. The van der Waals surface area contributed by atoms with Gasteiger partial charge >= 0.3 is 0 Å². The van der Waals surface area contributed by atoms with Crippen LogP contribution in [0.4, 0.5) is 0 Å². The number of rotatable bonds is 2. The molecule has 16 heavy (non-hydrogen) atoms. The number of ether oxygens (including phenoxy) is 1. The summed E-state index contributed by atoms with van der Waals surface area (Å²) in [5.74, 6) is 0. The average molecular weight is 231 g/mol. The lowest BCUT2D eigenvalue weighted by Gasteiger charge is -2.39. The van der Waals surface area contributed by atoms with E-state index in [1.807, 2.05) is 0 Å². The van der Waals surface area contributed by atoms with Crippen molar-refractivity contribution in [1.82, 2.24) is 5.16 Å². The molecule has 5 atom stereocenters. The second kappa shape index (κ2) is 4.48. The van der Waals surface area contributed by atoms with Gasteiger partial charge in [0.25, 0.3) is 0 Å². The molecule has 90 valence electrons. The van der Waals surface area contributed by atoms with E-state index in [0.29, 0.717) is 5.69 Å². The topological polar surface area (TPSA) is 116 Å². The Morgan fingerprint density at radius 2 is 1.94 bits per heavy atom. The molecular weight excluding hydrogens is 218 g/mol. The normalized spacial score (nSPS) is 39.9. The van der Waals surface area contributed by atoms with E-state index in [9.17, 15) is 15.3 Å². The SMILES string of the molecule is OC[C@H]1O[C@H](c2ccon2)[C@H](O)[C@@H](O)[C@@H]1O. The van der Waals surface area contributed by atoms with Gasteiger partial charge < -0.3 is 29.7 Å². The summed E-state index contributed by atoms with van der Waals surface area (Å²) in [4.78, 5) is 0. The Hall–Kier alpha value is -0.990. The molecule has 0 aromatic carbocycles. The quantitative estimate of drug-likeness (QED) is 0.474. The third-order valence-corrected chi connectivity index (χ3v) is 2.64. The third-order valence-electron chi connectivity index (χ3n) is 2.64. The molecule has 2 heterocycles. The molecule has 7 nitrogen and oxygen atoms in total. The highest BCUT2D eigenvalue weighted by molar-refractivity contribution is 5.07. The lowest BCUT2D eigenvalue weighted by atomic mass is 9.94. The van der Waals surface area contributed by atoms with Crippen LogP contribution in [0.1, 0.15) is 11.8 Å². The zero-order valence-electron chi connectivity index (χ0n) is 8.30. The van der Waals surface area contributed by atoms with Crippen LogP contribution in [0, 0.1) is 0 Å². The number of aliphatic hydroxyl groups excluding tert-OH is 4. The van der Waals surface area contributed by atoms with E-state index < -0.39 is 37.1 Å². The predicted molar refractivity (Wildman–Crippen MR) is 49.2 cm³/mol. The first-order valence-corrected chi connectivity index (χ1v) is 4.86. The number of aliphatic hydroxyl groups is 4. The van der Waals surface area contributed by atoms with Crippen molar-refractivity contribution in [2.24, 2.45) is 0 Å². The van der Waals surface area contributed by atoms with Gasteiger partial charge in [0.05, 0.1) is 6.61 Å². The molecule has 0 aliphatic carbocycles. The zero-order valence-corrected chi connectivity index (χ0v) is 8.30. The van der Waals surface area contributed by atoms with Crippen LogP contribution in [0.25, 0.3) is 0 Å². The largest absolute Gasteiger partial charge is 0.394 e. The van der Waals surface area contributed by atoms with Crippen molar-refractivity contribution in [1.29, 1.82) is 0 Å². The summed E-state index contributed by atoms with van der Waals surface area (Å²) < 4.78 is 9.84. The highest BCUT2D eigenvalue weighted by Crippen LogP contribution is 2.31. The summed E-state index contributed by atoms with van der Waals surface area (Å²) in [5, 5.41) is 41.3. The minimum absolute atomic E-state index is 0.303. The molecule has 7 heteroatoms. The number of nitrogens with zero attached hydrogens (tertiary/aromatic N) is 1. The monoisotopic (exact) mass is 231 g/mol. The Bertz CT molecular complexity index is 327. The van der Waals surface area contributed by atoms with Gasteiger partial charge in [0.15, 0.2) is 0 Å². The van der Waals surface area contributed by atoms with Crippen LogP contribution >= 0.6 is 0 Å². The van der Waals surface area contributed by atoms with E-state index in [1.54, 1.807) is 0 Å². The van der Waals surface area contributed by atoms with Gasteiger partial charge in [0.2, 0.25) is 0 Å². The fourth-order valence-electron chi connectivity index (χ4n) is 1.71. The van der Waals surface area contributed by atoms with Gasteiger partial charge in [-0.15, -0.1) is 0 Å². The predicted octanol–water partition coefficient (Wildman–Crippen LogP) is -1.81. The van der Waals surface area contributed by atoms with Crippen LogP contribution in [0.5, 0.6) is 0 Å². The Balaban J connectivity index is 2.20. The molecule has 0 unspecified atom stereocenters. The lowest BCUT2D eigenvalue weighted by Crippen LogP contribution is -2.55. The van der Waals surface area contributed by atoms with Gasteiger partial charge in [-0.3, -0.25) is 0 Å². The maximum Gasteiger partial charge on any atom is 0.132 e. The summed E-state index contributed by atoms with van der Waals surface area (Å²) in [6.45, 7) is -0.459. The number of hydrogen-bond acceptors (Lipinski definition) is 7. The van der Waals surface area contributed by atoms with E-state index in [-0.39, 0.29) is 0 Å². The molecule has 0 bridgehead atoms. The molecule has 1 aromatic rings. The van der Waals surface area contributed by atoms with Gasteiger partial charge in [-0.1, -0.05) is 5.16 Å². The minimum Gasteiger partial charge on any atom is -0.394 e. The van der Waals surface area contributed by atoms with E-state index in [0.717, 1.165) is 0 Å². The number of hydrogen-bond donors (Lipinski definition) is 4. The van der Waals surface area contributed by atoms with Gasteiger partial charge in [-0.25, -0.2) is 0 Å². The zero-order chi connectivity index (χ0) is 11.7. The van der Waals surface area contributed by atoms with Crippen molar-refractivity contribution in [2.75, 3.05) is 6.61 Å². The van der Waals surface area contributed by atoms with Crippen LogP contribution in [-0.4, -0.2) is 56.6 Å². The molecule has 0 radical (unpaired) electrons. The van der Waals surface area contributed by atoms with Crippen molar-refractivity contribution in [3.8, 4) is 0 Å². The molecule has 4 N–H and O–H groups in total. The summed E-state index contributed by atoms with van der Waals surface area (Å²) in [5.41, 5.74) is 0.303. The molecule has 0 saturated carbocycles. The standard InChI is InChI=1S/C9H13NO6/c11-3-5-6(12)7(13)8(14)9(16-5)4-1-2-15-10-4/h1-2,5-9,11-14H,3H2/t5-,6-,7+,8-,9-/m1/s1. The molecule has 1 aliphatic heterocycles. The Morgan fingerprint density at radius 3 is 2.50 bits per heavy atom. The summed E-state index contributed by atoms with van der Waals surface area (Å²) >= 11 is 0. The van der Waals surface area contributed by atoms with Crippen molar-refractivity contribution < 1.29 is 29.7 Å². The lowest BCUT2D eigenvalue weighted by molar-refractivity contribution is -0.233. The van der Waals surface area contributed by atoms with Gasteiger partial charge in [0, 0.05) is 6.07 Å². The number of aromatic nitrogens is 1. The molecule has 1 fully saturated rings. The van der Waals surface area contributed by atoms with Crippen molar-refractivity contribution in [3.63, 3.8) is 0 Å². The Kier molecular flexibility index (Phi) is 3.22. The first-order valence-electron chi connectivity index (χ1n) is 4.86.